The highest BCUT2D eigenvalue weighted by Crippen LogP contribution is 2.32. The van der Waals surface area contributed by atoms with Crippen LogP contribution in [0.1, 0.15) is 6.92 Å². The third-order valence-electron chi connectivity index (χ3n) is 4.02. The topological polar surface area (TPSA) is 35.6 Å². The van der Waals surface area contributed by atoms with E-state index in [9.17, 15) is 4.79 Å². The predicted octanol–water partition coefficient (Wildman–Crippen LogP) is 1.39. The number of fused-ring (bicyclic) bond motifs is 1. The molecule has 0 aromatic heterocycles. The molecule has 0 radical (unpaired) electrons. The molecule has 0 spiro atoms. The van der Waals surface area contributed by atoms with Crippen molar-refractivity contribution in [3.63, 3.8) is 0 Å². The van der Waals surface area contributed by atoms with Crippen molar-refractivity contribution in [2.24, 2.45) is 0 Å². The van der Waals surface area contributed by atoms with E-state index in [2.05, 4.69) is 23.3 Å². The highest BCUT2D eigenvalue weighted by Gasteiger charge is 2.27. The lowest BCUT2D eigenvalue weighted by Crippen LogP contribution is -2.44. The summed E-state index contributed by atoms with van der Waals surface area (Å²) in [4.78, 5) is 16.7. The number of anilines is 2. The molecular weight excluding hydrogens is 238 g/mol. The van der Waals surface area contributed by atoms with Gasteiger partial charge >= 0.3 is 0 Å². The maximum Gasteiger partial charge on any atom is 0.254 e. The Hall–Kier alpha value is -1.81. The van der Waals surface area contributed by atoms with E-state index in [1.54, 1.807) is 0 Å². The van der Waals surface area contributed by atoms with Gasteiger partial charge < -0.3 is 15.1 Å². The van der Waals surface area contributed by atoms with Crippen LogP contribution in [0, 0.1) is 0 Å². The molecular formula is C15H19N3O. The van der Waals surface area contributed by atoms with E-state index in [0.717, 1.165) is 43.1 Å². The number of hydrogen-bond acceptors (Lipinski definition) is 3. The fourth-order valence-electron chi connectivity index (χ4n) is 2.59. The van der Waals surface area contributed by atoms with Crippen LogP contribution in [0.3, 0.4) is 0 Å². The van der Waals surface area contributed by atoms with Gasteiger partial charge in [0.05, 0.1) is 11.4 Å². The highest BCUT2D eigenvalue weighted by atomic mass is 16.2. The minimum atomic E-state index is 0.150. The molecule has 0 aliphatic carbocycles. The maximum atomic E-state index is 12.6. The number of carbonyl (C=O) groups excluding carboxylic acids is 1. The van der Waals surface area contributed by atoms with Crippen LogP contribution in [0.15, 0.2) is 35.4 Å². The normalized spacial score (nSPS) is 17.9. The van der Waals surface area contributed by atoms with Crippen LogP contribution in [0.25, 0.3) is 0 Å². The second-order valence-corrected chi connectivity index (χ2v) is 5.20. The van der Waals surface area contributed by atoms with E-state index >= 15 is 0 Å². The van der Waals surface area contributed by atoms with Crippen LogP contribution in [0.2, 0.25) is 0 Å². The zero-order valence-electron chi connectivity index (χ0n) is 11.4. The lowest BCUT2D eigenvalue weighted by Gasteiger charge is -2.36. The Labute approximate surface area is 113 Å². The fraction of sp³-hybridized carbons (Fsp3) is 0.400. The summed E-state index contributed by atoms with van der Waals surface area (Å²) in [7, 11) is 2.07. The summed E-state index contributed by atoms with van der Waals surface area (Å²) in [5.74, 6) is 0.150. The van der Waals surface area contributed by atoms with Gasteiger partial charge in [-0.15, -0.1) is 0 Å². The molecule has 1 amide bonds. The number of para-hydroxylation sites is 2. The third kappa shape index (κ3) is 2.02. The summed E-state index contributed by atoms with van der Waals surface area (Å²) in [6, 6.07) is 8.11. The standard InChI is InChI=1S/C15H19N3O/c1-11(12-9-16-10-12)15(19)18-8-7-17(2)13-5-3-4-6-14(13)18/h3-6,16H,7-10H2,1-2H3. The minimum absolute atomic E-state index is 0.150. The summed E-state index contributed by atoms with van der Waals surface area (Å²) in [5.41, 5.74) is 4.29. The van der Waals surface area contributed by atoms with E-state index in [1.165, 1.54) is 5.57 Å². The summed E-state index contributed by atoms with van der Waals surface area (Å²) in [5, 5.41) is 3.19. The van der Waals surface area contributed by atoms with Gasteiger partial charge in [0.2, 0.25) is 0 Å². The molecule has 4 nitrogen and oxygen atoms in total. The number of rotatable bonds is 1. The molecule has 19 heavy (non-hydrogen) atoms. The molecule has 1 fully saturated rings. The average molecular weight is 257 g/mol. The Morgan fingerprint density at radius 2 is 1.84 bits per heavy atom. The van der Waals surface area contributed by atoms with Crippen molar-refractivity contribution in [2.75, 3.05) is 43.0 Å². The van der Waals surface area contributed by atoms with Crippen molar-refractivity contribution in [2.45, 2.75) is 6.92 Å². The number of amides is 1. The van der Waals surface area contributed by atoms with Crippen LogP contribution >= 0.6 is 0 Å². The van der Waals surface area contributed by atoms with Crippen LogP contribution in [-0.4, -0.2) is 39.1 Å². The third-order valence-corrected chi connectivity index (χ3v) is 4.02. The summed E-state index contributed by atoms with van der Waals surface area (Å²) in [6.45, 7) is 5.29. The monoisotopic (exact) mass is 257 g/mol. The Morgan fingerprint density at radius 3 is 2.47 bits per heavy atom. The molecule has 3 rings (SSSR count). The van der Waals surface area contributed by atoms with E-state index in [-0.39, 0.29) is 5.91 Å². The molecule has 0 atom stereocenters. The average Bonchev–Trinajstić information content (AvgIpc) is 2.37. The second kappa shape index (κ2) is 4.70. The van der Waals surface area contributed by atoms with Gasteiger partial charge in [-0.3, -0.25) is 4.79 Å². The first-order valence-corrected chi connectivity index (χ1v) is 6.70. The smallest absolute Gasteiger partial charge is 0.254 e. The number of nitrogens with one attached hydrogen (secondary N) is 1. The molecule has 100 valence electrons. The second-order valence-electron chi connectivity index (χ2n) is 5.20. The van der Waals surface area contributed by atoms with E-state index in [0.29, 0.717) is 0 Å². The van der Waals surface area contributed by atoms with Crippen molar-refractivity contribution >= 4 is 17.3 Å². The Balaban J connectivity index is 1.94. The first-order valence-electron chi connectivity index (χ1n) is 6.70. The summed E-state index contributed by atoms with van der Waals surface area (Å²) >= 11 is 0. The van der Waals surface area contributed by atoms with Crippen molar-refractivity contribution in [3.05, 3.63) is 35.4 Å². The SMILES string of the molecule is CC(C(=O)N1CCN(C)c2ccccc21)=C1CNC1. The Kier molecular flexibility index (Phi) is 3.03. The van der Waals surface area contributed by atoms with Crippen LogP contribution in [-0.2, 0) is 4.79 Å². The number of nitrogens with zero attached hydrogens (tertiary/aromatic N) is 2. The van der Waals surface area contributed by atoms with Crippen molar-refractivity contribution in [3.8, 4) is 0 Å². The van der Waals surface area contributed by atoms with E-state index in [4.69, 9.17) is 0 Å². The van der Waals surface area contributed by atoms with Crippen molar-refractivity contribution in [1.29, 1.82) is 0 Å². The Bertz CT molecular complexity index is 544. The maximum absolute atomic E-state index is 12.6. The van der Waals surface area contributed by atoms with Gasteiger partial charge in [-0.2, -0.15) is 0 Å². The van der Waals surface area contributed by atoms with Gasteiger partial charge in [0.15, 0.2) is 0 Å². The lowest BCUT2D eigenvalue weighted by atomic mass is 10.0. The molecule has 1 saturated heterocycles. The minimum Gasteiger partial charge on any atom is -0.371 e. The molecule has 2 heterocycles. The number of benzene rings is 1. The zero-order valence-corrected chi connectivity index (χ0v) is 11.4. The first-order chi connectivity index (χ1) is 9.18. The molecule has 1 aromatic carbocycles. The van der Waals surface area contributed by atoms with Crippen molar-refractivity contribution < 1.29 is 4.79 Å². The van der Waals surface area contributed by atoms with Crippen LogP contribution < -0.4 is 15.1 Å². The van der Waals surface area contributed by atoms with Crippen LogP contribution in [0.4, 0.5) is 11.4 Å². The molecule has 2 aliphatic rings. The predicted molar refractivity (Wildman–Crippen MR) is 77.6 cm³/mol. The summed E-state index contributed by atoms with van der Waals surface area (Å²) in [6.07, 6.45) is 0. The molecule has 2 aliphatic heterocycles. The zero-order chi connectivity index (χ0) is 13.4. The van der Waals surface area contributed by atoms with E-state index < -0.39 is 0 Å². The molecule has 0 bridgehead atoms. The Morgan fingerprint density at radius 1 is 1.16 bits per heavy atom. The van der Waals surface area contributed by atoms with Crippen molar-refractivity contribution in [1.82, 2.24) is 5.32 Å². The molecule has 1 N–H and O–H groups in total. The quantitative estimate of drug-likeness (QED) is 0.772. The first kappa shape index (κ1) is 12.2. The van der Waals surface area contributed by atoms with Gasteiger partial charge in [-0.05, 0) is 24.6 Å². The molecule has 1 aromatic rings. The van der Waals surface area contributed by atoms with Gasteiger partial charge in [0.1, 0.15) is 0 Å². The van der Waals surface area contributed by atoms with Gasteiger partial charge in [-0.1, -0.05) is 12.1 Å². The lowest BCUT2D eigenvalue weighted by molar-refractivity contribution is -0.115. The molecule has 0 unspecified atom stereocenters. The largest absolute Gasteiger partial charge is 0.371 e. The van der Waals surface area contributed by atoms with E-state index in [1.807, 2.05) is 30.0 Å². The van der Waals surface area contributed by atoms with Gasteiger partial charge in [0, 0.05) is 38.8 Å². The molecule has 4 heteroatoms. The summed E-state index contributed by atoms with van der Waals surface area (Å²) < 4.78 is 0. The van der Waals surface area contributed by atoms with Gasteiger partial charge in [-0.25, -0.2) is 0 Å². The number of carbonyl (C=O) groups is 1. The number of hydrogen-bond donors (Lipinski definition) is 1. The number of likely N-dealkylation sites (N-methyl/N-ethyl adjacent to an activating group) is 1. The van der Waals surface area contributed by atoms with Gasteiger partial charge in [0.25, 0.3) is 5.91 Å². The molecule has 0 saturated carbocycles. The van der Waals surface area contributed by atoms with Crippen LogP contribution in [0.5, 0.6) is 0 Å². The fourth-order valence-corrected chi connectivity index (χ4v) is 2.59. The highest BCUT2D eigenvalue weighted by molar-refractivity contribution is 6.08.